The molecule has 0 N–H and O–H groups in total. The molecule has 4 heteroatoms. The molecule has 0 aliphatic carbocycles. The van der Waals surface area contributed by atoms with Gasteiger partial charge in [0.15, 0.2) is 0 Å². The molecule has 2 nitrogen and oxygen atoms in total. The van der Waals surface area contributed by atoms with Crippen LogP contribution >= 0.6 is 25.3 Å². The summed E-state index contributed by atoms with van der Waals surface area (Å²) in [6, 6.07) is 0. The highest BCUT2D eigenvalue weighted by atomic mass is 32.2. The molecule has 0 amide bonds. The van der Waals surface area contributed by atoms with E-state index in [0.29, 0.717) is 6.61 Å². The smallest absolute Gasteiger partial charge is 0.328 e. The predicted molar refractivity (Wildman–Crippen MR) is 56.8 cm³/mol. The minimum absolute atomic E-state index is 0.197. The molecular formula is C8H16O2S2. The average Bonchev–Trinajstić information content (AvgIpc) is 1.84. The Morgan fingerprint density at radius 1 is 1.42 bits per heavy atom. The van der Waals surface area contributed by atoms with Gasteiger partial charge in [0.25, 0.3) is 0 Å². The lowest BCUT2D eigenvalue weighted by Crippen LogP contribution is -2.17. The van der Waals surface area contributed by atoms with Gasteiger partial charge in [-0.3, -0.25) is 0 Å². The highest BCUT2D eigenvalue weighted by molar-refractivity contribution is 8.00. The molecule has 0 atom stereocenters. The monoisotopic (exact) mass is 208 g/mol. The molecule has 0 fully saturated rings. The van der Waals surface area contributed by atoms with Crippen molar-refractivity contribution in [1.82, 2.24) is 0 Å². The molecule has 0 spiro atoms. The molecular weight excluding hydrogens is 192 g/mol. The van der Waals surface area contributed by atoms with E-state index in [1.165, 1.54) is 0 Å². The Bertz CT molecular complexity index is 150. The highest BCUT2D eigenvalue weighted by Crippen LogP contribution is 2.18. The van der Waals surface area contributed by atoms with Crippen LogP contribution in [0.1, 0.15) is 27.2 Å². The molecule has 0 radical (unpaired) electrons. The van der Waals surface area contributed by atoms with Crippen molar-refractivity contribution in [3.05, 3.63) is 0 Å². The van der Waals surface area contributed by atoms with E-state index in [1.54, 1.807) is 0 Å². The molecule has 0 saturated heterocycles. The van der Waals surface area contributed by atoms with Crippen molar-refractivity contribution in [3.63, 3.8) is 0 Å². The van der Waals surface area contributed by atoms with Gasteiger partial charge in [-0.05, 0) is 11.8 Å². The summed E-state index contributed by atoms with van der Waals surface area (Å²) in [6.07, 6.45) is 0.854. The second-order valence-corrected chi connectivity index (χ2v) is 5.29. The quantitative estimate of drug-likeness (QED) is 0.422. The summed E-state index contributed by atoms with van der Waals surface area (Å²) in [5.74, 6) is -0.370. The number of esters is 1. The van der Waals surface area contributed by atoms with E-state index in [4.69, 9.17) is 4.74 Å². The summed E-state index contributed by atoms with van der Waals surface area (Å²) in [6.45, 7) is 6.74. The maximum absolute atomic E-state index is 10.9. The van der Waals surface area contributed by atoms with Crippen LogP contribution in [0.25, 0.3) is 0 Å². The van der Waals surface area contributed by atoms with Crippen molar-refractivity contribution in [2.45, 2.75) is 31.8 Å². The second kappa shape index (κ2) is 5.02. The zero-order valence-electron chi connectivity index (χ0n) is 7.70. The molecule has 0 bridgehead atoms. The molecule has 0 aliphatic rings. The first-order chi connectivity index (χ1) is 5.33. The van der Waals surface area contributed by atoms with E-state index in [-0.39, 0.29) is 11.4 Å². The molecule has 0 aromatic heterocycles. The third-order valence-corrected chi connectivity index (χ3v) is 1.73. The van der Waals surface area contributed by atoms with E-state index >= 15 is 0 Å². The van der Waals surface area contributed by atoms with Gasteiger partial charge in [0.2, 0.25) is 0 Å². The lowest BCUT2D eigenvalue weighted by molar-refractivity contribution is -0.141. The zero-order chi connectivity index (χ0) is 9.78. The molecule has 72 valence electrons. The summed E-state index contributed by atoms with van der Waals surface area (Å²) in [5.41, 5.74) is 0.197. The van der Waals surface area contributed by atoms with Crippen molar-refractivity contribution >= 4 is 31.2 Å². The normalized spacial score (nSPS) is 11.8. The van der Waals surface area contributed by atoms with Crippen LogP contribution in [-0.2, 0) is 9.53 Å². The lowest BCUT2D eigenvalue weighted by atomic mass is 9.93. The van der Waals surface area contributed by atoms with Crippen molar-refractivity contribution < 1.29 is 9.53 Å². The fourth-order valence-electron chi connectivity index (χ4n) is 0.532. The topological polar surface area (TPSA) is 26.3 Å². The van der Waals surface area contributed by atoms with Crippen LogP contribution < -0.4 is 0 Å². The van der Waals surface area contributed by atoms with Crippen LogP contribution in [0.4, 0.5) is 0 Å². The van der Waals surface area contributed by atoms with Crippen LogP contribution in [0.15, 0.2) is 0 Å². The van der Waals surface area contributed by atoms with Crippen molar-refractivity contribution in [2.24, 2.45) is 5.41 Å². The molecule has 0 unspecified atom stereocenters. The lowest BCUT2D eigenvalue weighted by Gasteiger charge is -2.17. The highest BCUT2D eigenvalue weighted by Gasteiger charge is 2.13. The van der Waals surface area contributed by atoms with Gasteiger partial charge in [0.1, 0.15) is 4.58 Å². The predicted octanol–water partition coefficient (Wildman–Crippen LogP) is 2.15. The molecule has 0 aromatic rings. The molecule has 0 aliphatic heterocycles. The van der Waals surface area contributed by atoms with E-state index in [0.717, 1.165) is 6.42 Å². The summed E-state index contributed by atoms with van der Waals surface area (Å²) < 4.78 is 4.27. The molecule has 12 heavy (non-hydrogen) atoms. The Labute approximate surface area is 84.9 Å². The van der Waals surface area contributed by atoms with Crippen LogP contribution in [0, 0.1) is 5.41 Å². The SMILES string of the molecule is CC(C)(C)CCOC(=O)C(S)S. The van der Waals surface area contributed by atoms with E-state index < -0.39 is 4.58 Å². The van der Waals surface area contributed by atoms with Gasteiger partial charge in [-0.1, -0.05) is 20.8 Å². The van der Waals surface area contributed by atoms with Gasteiger partial charge in [-0.25, -0.2) is 4.79 Å². The zero-order valence-corrected chi connectivity index (χ0v) is 9.49. The minimum atomic E-state index is -0.620. The third-order valence-electron chi connectivity index (χ3n) is 1.31. The van der Waals surface area contributed by atoms with Gasteiger partial charge in [0.05, 0.1) is 6.61 Å². The fourth-order valence-corrected chi connectivity index (χ4v) is 0.681. The van der Waals surface area contributed by atoms with Gasteiger partial charge in [-0.15, -0.1) is 0 Å². The number of rotatable bonds is 3. The van der Waals surface area contributed by atoms with E-state index in [9.17, 15) is 4.79 Å². The second-order valence-electron chi connectivity index (χ2n) is 3.85. The summed E-state index contributed by atoms with van der Waals surface area (Å²) in [5, 5.41) is 0. The molecule has 0 rings (SSSR count). The number of carbonyl (C=O) groups is 1. The van der Waals surface area contributed by atoms with Gasteiger partial charge in [-0.2, -0.15) is 25.3 Å². The van der Waals surface area contributed by atoms with E-state index in [2.05, 4.69) is 46.0 Å². The largest absolute Gasteiger partial charge is 0.464 e. The summed E-state index contributed by atoms with van der Waals surface area (Å²) in [4.78, 5) is 10.9. The van der Waals surface area contributed by atoms with Crippen LogP contribution in [0.3, 0.4) is 0 Å². The Hall–Kier alpha value is 0.170. The standard InChI is InChI=1S/C8H16O2S2/c1-8(2,3)4-5-10-6(9)7(11)12/h7,11-12H,4-5H2,1-3H3. The number of ether oxygens (including phenoxy) is 1. The Kier molecular flexibility index (Phi) is 5.09. The first-order valence-electron chi connectivity index (χ1n) is 3.86. The Morgan fingerprint density at radius 2 is 1.92 bits per heavy atom. The molecule has 0 aromatic carbocycles. The summed E-state index contributed by atoms with van der Waals surface area (Å²) in [7, 11) is 0. The average molecular weight is 208 g/mol. The van der Waals surface area contributed by atoms with E-state index in [1.807, 2.05) is 0 Å². The fraction of sp³-hybridized carbons (Fsp3) is 0.875. The molecule has 0 saturated carbocycles. The minimum Gasteiger partial charge on any atom is -0.464 e. The van der Waals surface area contributed by atoms with Gasteiger partial charge >= 0.3 is 5.97 Å². The van der Waals surface area contributed by atoms with Crippen molar-refractivity contribution in [3.8, 4) is 0 Å². The first kappa shape index (κ1) is 12.2. The maximum Gasteiger partial charge on any atom is 0.328 e. The summed E-state index contributed by atoms with van der Waals surface area (Å²) >= 11 is 7.66. The van der Waals surface area contributed by atoms with Crippen LogP contribution in [0.2, 0.25) is 0 Å². The third kappa shape index (κ3) is 6.85. The Balaban J connectivity index is 3.51. The molecule has 0 heterocycles. The maximum atomic E-state index is 10.9. The number of thiol groups is 2. The number of hydrogen-bond donors (Lipinski definition) is 2. The number of carbonyl (C=O) groups excluding carboxylic acids is 1. The van der Waals surface area contributed by atoms with Crippen LogP contribution in [-0.4, -0.2) is 17.2 Å². The van der Waals surface area contributed by atoms with Crippen LogP contribution in [0.5, 0.6) is 0 Å². The number of hydrogen-bond acceptors (Lipinski definition) is 4. The Morgan fingerprint density at radius 3 is 2.25 bits per heavy atom. The van der Waals surface area contributed by atoms with Crippen molar-refractivity contribution in [2.75, 3.05) is 6.61 Å². The van der Waals surface area contributed by atoms with Gasteiger partial charge < -0.3 is 4.74 Å². The first-order valence-corrected chi connectivity index (χ1v) is 4.89. The van der Waals surface area contributed by atoms with Crippen molar-refractivity contribution in [1.29, 1.82) is 0 Å². The van der Waals surface area contributed by atoms with Gasteiger partial charge in [0, 0.05) is 0 Å².